The molecule has 1 saturated heterocycles. The maximum atomic E-state index is 12.4. The Balaban J connectivity index is 1.80. The minimum atomic E-state index is -0.106. The number of nitrogen functional groups attached to an aromatic ring is 1. The molecule has 3 rings (SSSR count). The Morgan fingerprint density at radius 1 is 1.60 bits per heavy atom. The summed E-state index contributed by atoms with van der Waals surface area (Å²) in [6, 6.07) is 1.98. The molecule has 0 bridgehead atoms. The molecule has 20 heavy (non-hydrogen) atoms. The molecule has 1 fully saturated rings. The SMILES string of the molecule is CN1CCCC(NC(=O)c2sc3nnccc3c2N)C1. The van der Waals surface area contributed by atoms with Crippen LogP contribution in [0.2, 0.25) is 0 Å². The summed E-state index contributed by atoms with van der Waals surface area (Å²) in [7, 11) is 2.07. The number of thiophene rings is 1. The van der Waals surface area contributed by atoms with Crippen molar-refractivity contribution < 1.29 is 4.79 Å². The number of carbonyl (C=O) groups excluding carboxylic acids is 1. The second-order valence-electron chi connectivity index (χ2n) is 5.17. The van der Waals surface area contributed by atoms with E-state index in [4.69, 9.17) is 5.73 Å². The number of piperidine rings is 1. The zero-order valence-corrected chi connectivity index (χ0v) is 12.1. The van der Waals surface area contributed by atoms with Gasteiger partial charge in [0.2, 0.25) is 0 Å². The number of nitrogens with two attached hydrogens (primary N) is 1. The Hall–Kier alpha value is -1.73. The van der Waals surface area contributed by atoms with Crippen molar-refractivity contribution in [3.05, 3.63) is 17.1 Å². The fourth-order valence-corrected chi connectivity index (χ4v) is 3.52. The van der Waals surface area contributed by atoms with Crippen molar-refractivity contribution in [3.8, 4) is 0 Å². The second-order valence-corrected chi connectivity index (χ2v) is 6.17. The molecule has 0 saturated carbocycles. The summed E-state index contributed by atoms with van der Waals surface area (Å²) >= 11 is 1.30. The summed E-state index contributed by atoms with van der Waals surface area (Å²) in [4.78, 5) is 15.8. The molecule has 1 atom stereocenters. The molecule has 1 aliphatic rings. The first-order valence-electron chi connectivity index (χ1n) is 6.64. The Morgan fingerprint density at radius 2 is 2.45 bits per heavy atom. The van der Waals surface area contributed by atoms with Gasteiger partial charge in [0.25, 0.3) is 5.91 Å². The zero-order chi connectivity index (χ0) is 14.1. The van der Waals surface area contributed by atoms with Gasteiger partial charge in [0.05, 0.1) is 11.9 Å². The monoisotopic (exact) mass is 291 g/mol. The standard InChI is InChI=1S/C13H17N5OS/c1-18-6-2-3-8(7-18)16-12(19)11-10(14)9-4-5-15-17-13(9)20-11/h4-5,8H,2-3,6-7,14H2,1H3,(H,16,19). The summed E-state index contributed by atoms with van der Waals surface area (Å²) in [5, 5.41) is 11.7. The second kappa shape index (κ2) is 5.34. The highest BCUT2D eigenvalue weighted by molar-refractivity contribution is 7.21. The largest absolute Gasteiger partial charge is 0.397 e. The van der Waals surface area contributed by atoms with Crippen molar-refractivity contribution in [1.29, 1.82) is 0 Å². The van der Waals surface area contributed by atoms with Crippen LogP contribution >= 0.6 is 11.3 Å². The van der Waals surface area contributed by atoms with Gasteiger partial charge in [-0.2, -0.15) is 5.10 Å². The lowest BCUT2D eigenvalue weighted by atomic mass is 10.1. The van der Waals surface area contributed by atoms with Crippen LogP contribution in [-0.4, -0.2) is 47.2 Å². The molecular weight excluding hydrogens is 274 g/mol. The molecule has 3 heterocycles. The molecule has 3 N–H and O–H groups in total. The number of amides is 1. The van der Waals surface area contributed by atoms with Gasteiger partial charge in [-0.25, -0.2) is 0 Å². The topological polar surface area (TPSA) is 84.1 Å². The van der Waals surface area contributed by atoms with Crippen LogP contribution < -0.4 is 11.1 Å². The van der Waals surface area contributed by atoms with E-state index in [1.165, 1.54) is 11.3 Å². The molecule has 0 aliphatic carbocycles. The number of nitrogens with zero attached hydrogens (tertiary/aromatic N) is 3. The van der Waals surface area contributed by atoms with Crippen LogP contribution in [0.1, 0.15) is 22.5 Å². The van der Waals surface area contributed by atoms with Crippen LogP contribution in [-0.2, 0) is 0 Å². The molecule has 0 radical (unpaired) electrons. The third kappa shape index (κ3) is 2.46. The van der Waals surface area contributed by atoms with E-state index in [0.717, 1.165) is 31.3 Å². The van der Waals surface area contributed by atoms with Crippen LogP contribution in [0.15, 0.2) is 12.3 Å². The van der Waals surface area contributed by atoms with Crippen LogP contribution in [0.3, 0.4) is 0 Å². The van der Waals surface area contributed by atoms with Gasteiger partial charge in [-0.1, -0.05) is 0 Å². The quantitative estimate of drug-likeness (QED) is 0.865. The predicted molar refractivity (Wildman–Crippen MR) is 79.8 cm³/mol. The number of nitrogens with one attached hydrogen (secondary N) is 1. The lowest BCUT2D eigenvalue weighted by Crippen LogP contribution is -2.46. The van der Waals surface area contributed by atoms with E-state index in [9.17, 15) is 4.79 Å². The third-order valence-electron chi connectivity index (χ3n) is 3.59. The number of anilines is 1. The van der Waals surface area contributed by atoms with Crippen LogP contribution in [0.4, 0.5) is 5.69 Å². The summed E-state index contributed by atoms with van der Waals surface area (Å²) in [5.74, 6) is -0.106. The van der Waals surface area contributed by atoms with Crippen molar-refractivity contribution in [2.45, 2.75) is 18.9 Å². The van der Waals surface area contributed by atoms with Crippen LogP contribution in [0.5, 0.6) is 0 Å². The smallest absolute Gasteiger partial charge is 0.263 e. The summed E-state index contributed by atoms with van der Waals surface area (Å²) in [6.07, 6.45) is 3.71. The molecule has 106 valence electrons. The number of likely N-dealkylation sites (tertiary alicyclic amines) is 1. The lowest BCUT2D eigenvalue weighted by molar-refractivity contribution is 0.0917. The van der Waals surface area contributed by atoms with Crippen LogP contribution in [0, 0.1) is 0 Å². The fraction of sp³-hybridized carbons (Fsp3) is 0.462. The molecule has 1 amide bonds. The molecule has 1 unspecified atom stereocenters. The van der Waals surface area contributed by atoms with Gasteiger partial charge in [-0.3, -0.25) is 4.79 Å². The Labute approximate surface area is 121 Å². The summed E-state index contributed by atoms with van der Waals surface area (Å²) < 4.78 is 0. The van der Waals surface area contributed by atoms with Gasteiger partial charge in [0, 0.05) is 18.0 Å². The number of likely N-dealkylation sites (N-methyl/N-ethyl adjacent to an activating group) is 1. The lowest BCUT2D eigenvalue weighted by Gasteiger charge is -2.30. The van der Waals surface area contributed by atoms with Crippen molar-refractivity contribution in [2.24, 2.45) is 0 Å². The predicted octanol–water partition coefficient (Wildman–Crippen LogP) is 1.10. The van der Waals surface area contributed by atoms with E-state index >= 15 is 0 Å². The van der Waals surface area contributed by atoms with E-state index in [-0.39, 0.29) is 11.9 Å². The molecule has 0 spiro atoms. The van der Waals surface area contributed by atoms with Gasteiger partial charge in [-0.05, 0) is 32.5 Å². The summed E-state index contributed by atoms with van der Waals surface area (Å²) in [5.41, 5.74) is 6.55. The third-order valence-corrected chi connectivity index (χ3v) is 4.69. The Kier molecular flexibility index (Phi) is 3.54. The zero-order valence-electron chi connectivity index (χ0n) is 11.3. The van der Waals surface area contributed by atoms with Gasteiger partial charge in [-0.15, -0.1) is 16.4 Å². The molecule has 2 aromatic heterocycles. The van der Waals surface area contributed by atoms with Crippen LogP contribution in [0.25, 0.3) is 10.2 Å². The number of aromatic nitrogens is 2. The average molecular weight is 291 g/mol. The summed E-state index contributed by atoms with van der Waals surface area (Å²) in [6.45, 7) is 1.98. The molecule has 6 nitrogen and oxygen atoms in total. The molecule has 1 aliphatic heterocycles. The average Bonchev–Trinajstić information content (AvgIpc) is 2.77. The maximum Gasteiger partial charge on any atom is 0.263 e. The molecule has 2 aromatic rings. The first-order chi connectivity index (χ1) is 9.65. The number of carbonyl (C=O) groups is 1. The van der Waals surface area contributed by atoms with Gasteiger partial charge < -0.3 is 16.0 Å². The first kappa shape index (κ1) is 13.3. The highest BCUT2D eigenvalue weighted by atomic mass is 32.1. The van der Waals surface area contributed by atoms with Crippen molar-refractivity contribution in [1.82, 2.24) is 20.4 Å². The number of fused-ring (bicyclic) bond motifs is 1. The highest BCUT2D eigenvalue weighted by Gasteiger charge is 2.22. The first-order valence-corrected chi connectivity index (χ1v) is 7.46. The molecule has 7 heteroatoms. The van der Waals surface area contributed by atoms with E-state index < -0.39 is 0 Å². The van der Waals surface area contributed by atoms with Crippen molar-refractivity contribution >= 4 is 33.1 Å². The number of hydrogen-bond donors (Lipinski definition) is 2. The van der Waals surface area contributed by atoms with E-state index in [2.05, 4.69) is 27.5 Å². The maximum absolute atomic E-state index is 12.4. The van der Waals surface area contributed by atoms with Crippen molar-refractivity contribution in [2.75, 3.05) is 25.9 Å². The number of hydrogen-bond acceptors (Lipinski definition) is 6. The van der Waals surface area contributed by atoms with Gasteiger partial charge in [0.15, 0.2) is 0 Å². The Morgan fingerprint density at radius 3 is 3.20 bits per heavy atom. The molecule has 0 aromatic carbocycles. The molecular formula is C13H17N5OS. The highest BCUT2D eigenvalue weighted by Crippen LogP contribution is 2.31. The van der Waals surface area contributed by atoms with E-state index in [0.29, 0.717) is 15.4 Å². The Bertz CT molecular complexity index is 641. The minimum Gasteiger partial charge on any atom is -0.397 e. The number of rotatable bonds is 2. The van der Waals surface area contributed by atoms with Crippen molar-refractivity contribution in [3.63, 3.8) is 0 Å². The van der Waals surface area contributed by atoms with Gasteiger partial charge >= 0.3 is 0 Å². The minimum absolute atomic E-state index is 0.106. The van der Waals surface area contributed by atoms with Gasteiger partial charge in [0.1, 0.15) is 9.71 Å². The fourth-order valence-electron chi connectivity index (χ4n) is 2.58. The normalized spacial score (nSPS) is 20.1. The van der Waals surface area contributed by atoms with E-state index in [1.54, 1.807) is 12.3 Å². The van der Waals surface area contributed by atoms with E-state index in [1.807, 2.05) is 0 Å².